The number of esters is 1. The molecule has 0 unspecified atom stereocenters. The molecule has 1 atom stereocenters. The molecule has 1 aromatic carbocycles. The van der Waals surface area contributed by atoms with Gasteiger partial charge >= 0.3 is 5.97 Å². The van der Waals surface area contributed by atoms with Crippen LogP contribution < -0.4 is 9.47 Å². The number of fused-ring (bicyclic) bond motifs is 1. The Kier molecular flexibility index (Phi) is 8.99. The van der Waals surface area contributed by atoms with Crippen LogP contribution in [-0.4, -0.2) is 51.2 Å². The third kappa shape index (κ3) is 6.67. The van der Waals surface area contributed by atoms with Crippen LogP contribution in [-0.2, 0) is 23.7 Å². The highest BCUT2D eigenvalue weighted by Crippen LogP contribution is 2.37. The summed E-state index contributed by atoms with van der Waals surface area (Å²) in [7, 11) is 4.31. The molecule has 0 amide bonds. The van der Waals surface area contributed by atoms with E-state index < -0.39 is 17.2 Å². The number of hydrogen-bond acceptors (Lipinski definition) is 7. The summed E-state index contributed by atoms with van der Waals surface area (Å²) in [6.45, 7) is 13.8. The van der Waals surface area contributed by atoms with Gasteiger partial charge in [0.15, 0.2) is 11.5 Å². The molecule has 1 heterocycles. The molecule has 2 rings (SSSR count). The van der Waals surface area contributed by atoms with Gasteiger partial charge in [-0.2, -0.15) is 0 Å². The van der Waals surface area contributed by atoms with Gasteiger partial charge in [-0.1, -0.05) is 18.2 Å². The number of carbonyl (C=O) groups is 1. The first-order valence-corrected chi connectivity index (χ1v) is 11.0. The zero-order chi connectivity index (χ0) is 25.5. The molecule has 0 bridgehead atoms. The Morgan fingerprint density at radius 1 is 1.18 bits per heavy atom. The van der Waals surface area contributed by atoms with Crippen LogP contribution in [0.3, 0.4) is 0 Å². The predicted octanol–water partition coefficient (Wildman–Crippen LogP) is 5.22. The second-order valence-electron chi connectivity index (χ2n) is 8.92. The summed E-state index contributed by atoms with van der Waals surface area (Å²) in [4.78, 5) is 12.1. The summed E-state index contributed by atoms with van der Waals surface area (Å²) in [6.07, 6.45) is 6.42. The quantitative estimate of drug-likeness (QED) is 0.160. The minimum Gasteiger partial charge on any atom is -0.503 e. The minimum atomic E-state index is -0.636. The number of rotatable bonds is 9. The smallest absolute Gasteiger partial charge is 0.341 e. The van der Waals surface area contributed by atoms with Gasteiger partial charge in [0, 0.05) is 5.57 Å². The van der Waals surface area contributed by atoms with Gasteiger partial charge in [0.1, 0.15) is 29.6 Å². The van der Waals surface area contributed by atoms with Crippen molar-refractivity contribution in [3.05, 3.63) is 65.7 Å². The highest BCUT2D eigenvalue weighted by atomic mass is 16.6. The summed E-state index contributed by atoms with van der Waals surface area (Å²) in [6, 6.07) is 5.67. The van der Waals surface area contributed by atoms with E-state index in [0.717, 1.165) is 5.56 Å². The lowest BCUT2D eigenvalue weighted by Gasteiger charge is -2.36. The molecule has 1 aliphatic rings. The van der Waals surface area contributed by atoms with E-state index in [9.17, 15) is 4.79 Å². The van der Waals surface area contributed by atoms with Gasteiger partial charge in [0.05, 0.1) is 33.2 Å². The summed E-state index contributed by atoms with van der Waals surface area (Å²) in [5.74, 6) is 1.23. The van der Waals surface area contributed by atoms with Crippen molar-refractivity contribution in [2.45, 2.75) is 51.9 Å². The van der Waals surface area contributed by atoms with E-state index in [1.54, 1.807) is 19.1 Å². The first kappa shape index (κ1) is 27.1. The van der Waals surface area contributed by atoms with Gasteiger partial charge in [-0.05, 0) is 58.4 Å². The van der Waals surface area contributed by atoms with Crippen LogP contribution in [0.4, 0.5) is 0 Å². The van der Waals surface area contributed by atoms with E-state index in [0.29, 0.717) is 29.4 Å². The Balaban J connectivity index is 2.33. The van der Waals surface area contributed by atoms with Crippen molar-refractivity contribution in [3.63, 3.8) is 0 Å². The van der Waals surface area contributed by atoms with E-state index in [1.165, 1.54) is 27.6 Å². The molecule has 34 heavy (non-hydrogen) atoms. The molecule has 0 aliphatic carbocycles. The fraction of sp³-hybridized carbons (Fsp3) is 0.444. The topological polar surface area (TPSA) is 72.5 Å². The van der Waals surface area contributed by atoms with Gasteiger partial charge < -0.3 is 28.4 Å². The number of hydrogen-bond donors (Lipinski definition) is 0. The molecule has 1 aliphatic heterocycles. The molecule has 0 radical (unpaired) electrons. The van der Waals surface area contributed by atoms with E-state index in [2.05, 4.69) is 6.58 Å². The van der Waals surface area contributed by atoms with Crippen LogP contribution in [0.5, 0.6) is 11.5 Å². The standard InChI is InChI=1S/C27H36O7/c1-10-26(3,4)34-24-17-32-22-14-12-19(15-23(22)33-27(24,5)6)11-13-21(30-8)18(2)20(16-29-7)25(28)31-9/h10-16,24H,1,17H2,2-9H3/b13-11+,20-16-,21-18+/t24-/m0/s1. The highest BCUT2D eigenvalue weighted by Gasteiger charge is 2.39. The van der Waals surface area contributed by atoms with Crippen LogP contribution in [0, 0.1) is 0 Å². The number of allylic oxidation sites excluding steroid dienone is 1. The second-order valence-corrected chi connectivity index (χ2v) is 8.92. The molecule has 1 aromatic rings. The van der Waals surface area contributed by atoms with Crippen molar-refractivity contribution < 1.29 is 33.2 Å². The van der Waals surface area contributed by atoms with Crippen molar-refractivity contribution in [2.75, 3.05) is 27.9 Å². The molecule has 0 N–H and O–H groups in total. The van der Waals surface area contributed by atoms with Crippen molar-refractivity contribution in [3.8, 4) is 11.5 Å². The maximum Gasteiger partial charge on any atom is 0.341 e. The molecule has 7 nitrogen and oxygen atoms in total. The van der Waals surface area contributed by atoms with Gasteiger partial charge in [0.2, 0.25) is 0 Å². The Morgan fingerprint density at radius 2 is 1.88 bits per heavy atom. The molecule has 0 saturated heterocycles. The SMILES string of the molecule is C=CC(C)(C)O[C@H]1COc2ccc(/C=C/C(OC)=C(C)\C(=C\OC)C(=O)OC)cc2OC1(C)C. The van der Waals surface area contributed by atoms with Crippen LogP contribution in [0.15, 0.2) is 60.1 Å². The lowest BCUT2D eigenvalue weighted by atomic mass is 10.00. The Bertz CT molecular complexity index is 983. The van der Waals surface area contributed by atoms with Gasteiger partial charge in [-0.15, -0.1) is 6.58 Å². The van der Waals surface area contributed by atoms with Crippen molar-refractivity contribution >= 4 is 12.0 Å². The summed E-state index contributed by atoms with van der Waals surface area (Å²) < 4.78 is 33.9. The van der Waals surface area contributed by atoms with Crippen molar-refractivity contribution in [1.29, 1.82) is 0 Å². The van der Waals surface area contributed by atoms with Crippen LogP contribution in [0.1, 0.15) is 40.2 Å². The lowest BCUT2D eigenvalue weighted by molar-refractivity contribution is -0.136. The fourth-order valence-electron chi connectivity index (χ4n) is 3.30. The third-order valence-electron chi connectivity index (χ3n) is 5.51. The minimum absolute atomic E-state index is 0.264. The zero-order valence-electron chi connectivity index (χ0n) is 21.4. The van der Waals surface area contributed by atoms with Crippen LogP contribution >= 0.6 is 0 Å². The Labute approximate surface area is 202 Å². The van der Waals surface area contributed by atoms with Crippen molar-refractivity contribution in [2.24, 2.45) is 0 Å². The maximum atomic E-state index is 12.1. The highest BCUT2D eigenvalue weighted by molar-refractivity contribution is 5.93. The van der Waals surface area contributed by atoms with Gasteiger partial charge in [-0.25, -0.2) is 4.79 Å². The fourth-order valence-corrected chi connectivity index (χ4v) is 3.30. The molecule has 0 aromatic heterocycles. The molecule has 7 heteroatoms. The first-order valence-electron chi connectivity index (χ1n) is 11.0. The summed E-state index contributed by atoms with van der Waals surface area (Å²) in [5.41, 5.74) is 0.553. The molecule has 0 fully saturated rings. The van der Waals surface area contributed by atoms with E-state index in [1.807, 2.05) is 52.0 Å². The van der Waals surface area contributed by atoms with Gasteiger partial charge in [0.25, 0.3) is 0 Å². The monoisotopic (exact) mass is 472 g/mol. The van der Waals surface area contributed by atoms with E-state index in [4.69, 9.17) is 28.4 Å². The molecule has 186 valence electrons. The Hall–Kier alpha value is -3.19. The number of benzene rings is 1. The lowest BCUT2D eigenvalue weighted by Crippen LogP contribution is -2.49. The van der Waals surface area contributed by atoms with E-state index in [-0.39, 0.29) is 11.7 Å². The van der Waals surface area contributed by atoms with Crippen molar-refractivity contribution in [1.82, 2.24) is 0 Å². The molecule has 0 saturated carbocycles. The van der Waals surface area contributed by atoms with E-state index >= 15 is 0 Å². The summed E-state index contributed by atoms with van der Waals surface area (Å²) >= 11 is 0. The molecular formula is C27H36O7. The first-order chi connectivity index (χ1) is 16.0. The maximum absolute atomic E-state index is 12.1. The van der Waals surface area contributed by atoms with Gasteiger partial charge in [-0.3, -0.25) is 0 Å². The zero-order valence-corrected chi connectivity index (χ0v) is 21.4. The summed E-state index contributed by atoms with van der Waals surface area (Å²) in [5, 5.41) is 0. The molecule has 0 spiro atoms. The average molecular weight is 473 g/mol. The largest absolute Gasteiger partial charge is 0.503 e. The Morgan fingerprint density at radius 3 is 2.47 bits per heavy atom. The average Bonchev–Trinajstić information content (AvgIpc) is 2.91. The normalized spacial score (nSPS) is 18.6. The van der Waals surface area contributed by atoms with Crippen LogP contribution in [0.25, 0.3) is 6.08 Å². The number of methoxy groups -OCH3 is 3. The molecular weight excluding hydrogens is 436 g/mol. The predicted molar refractivity (Wildman–Crippen MR) is 132 cm³/mol. The number of carbonyl (C=O) groups excluding carboxylic acids is 1. The second kappa shape index (κ2) is 11.3. The van der Waals surface area contributed by atoms with Crippen LogP contribution in [0.2, 0.25) is 0 Å². The third-order valence-corrected chi connectivity index (χ3v) is 5.51. The number of ether oxygens (including phenoxy) is 6.